The molecule has 0 saturated carbocycles. The van der Waals surface area contributed by atoms with E-state index in [2.05, 4.69) is 36.0 Å². The summed E-state index contributed by atoms with van der Waals surface area (Å²) in [5, 5.41) is 2.90. The van der Waals surface area contributed by atoms with Crippen molar-refractivity contribution in [3.8, 4) is 0 Å². The number of halogens is 1. The Morgan fingerprint density at radius 1 is 0.914 bits per heavy atom. The number of benzene rings is 2. The number of rotatable bonds is 4. The van der Waals surface area contributed by atoms with Gasteiger partial charge in [-0.25, -0.2) is 9.37 Å². The van der Waals surface area contributed by atoms with Crippen LogP contribution in [0.1, 0.15) is 53.5 Å². The largest absolute Gasteiger partial charge is 0.355 e. The number of amides is 2. The molecule has 3 aromatic rings. The van der Waals surface area contributed by atoms with Gasteiger partial charge in [-0.1, -0.05) is 39.0 Å². The SMILES string of the molecule is CC(C)(C)c1ccc(C(=O)Nc2ccc(N3CCCN(C(=O)c4cccc(F)c4)CC3)nc2)cc1. The van der Waals surface area contributed by atoms with Crippen LogP contribution in [-0.4, -0.2) is 47.9 Å². The fourth-order valence-electron chi connectivity index (χ4n) is 4.13. The third-order valence-corrected chi connectivity index (χ3v) is 6.20. The van der Waals surface area contributed by atoms with E-state index in [4.69, 9.17) is 0 Å². The quantitative estimate of drug-likeness (QED) is 0.570. The number of nitrogens with one attached hydrogen (secondary N) is 1. The fourth-order valence-corrected chi connectivity index (χ4v) is 4.13. The van der Waals surface area contributed by atoms with Crippen LogP contribution in [0.2, 0.25) is 0 Å². The summed E-state index contributed by atoms with van der Waals surface area (Å²) in [6.45, 7) is 8.93. The predicted molar refractivity (Wildman–Crippen MR) is 136 cm³/mol. The highest BCUT2D eigenvalue weighted by Crippen LogP contribution is 2.23. The van der Waals surface area contributed by atoms with E-state index in [-0.39, 0.29) is 17.2 Å². The Bertz CT molecular complexity index is 1190. The molecule has 0 atom stereocenters. The summed E-state index contributed by atoms with van der Waals surface area (Å²) >= 11 is 0. The average molecular weight is 475 g/mol. The Morgan fingerprint density at radius 2 is 1.69 bits per heavy atom. The lowest BCUT2D eigenvalue weighted by molar-refractivity contribution is 0.0766. The summed E-state index contributed by atoms with van der Waals surface area (Å²) in [4.78, 5) is 33.8. The fraction of sp³-hybridized carbons (Fsp3) is 0.321. The molecule has 0 aliphatic carbocycles. The minimum atomic E-state index is -0.411. The van der Waals surface area contributed by atoms with Crippen molar-refractivity contribution in [1.82, 2.24) is 9.88 Å². The Hall–Kier alpha value is -3.74. The Labute approximate surface area is 205 Å². The molecule has 0 radical (unpaired) electrons. The predicted octanol–water partition coefficient (Wildman–Crippen LogP) is 5.12. The highest BCUT2D eigenvalue weighted by Gasteiger charge is 2.21. The Kier molecular flexibility index (Phi) is 7.15. The van der Waals surface area contributed by atoms with Gasteiger partial charge in [0.05, 0.1) is 11.9 Å². The van der Waals surface area contributed by atoms with Gasteiger partial charge in [-0.3, -0.25) is 9.59 Å². The smallest absolute Gasteiger partial charge is 0.255 e. The number of carbonyl (C=O) groups excluding carboxylic acids is 2. The maximum absolute atomic E-state index is 13.5. The van der Waals surface area contributed by atoms with Gasteiger partial charge in [-0.05, 0) is 59.9 Å². The highest BCUT2D eigenvalue weighted by atomic mass is 19.1. The first-order valence-corrected chi connectivity index (χ1v) is 11.9. The van der Waals surface area contributed by atoms with Crippen molar-refractivity contribution >= 4 is 23.3 Å². The molecule has 1 N–H and O–H groups in total. The standard InChI is InChI=1S/C28H31FN4O2/c1-28(2,3)22-10-8-20(9-11-22)26(34)31-24-12-13-25(30-19-24)32-14-5-15-33(17-16-32)27(35)21-6-4-7-23(29)18-21/h4,6-13,18-19H,5,14-17H2,1-3H3,(H,31,34). The normalized spacial score (nSPS) is 14.4. The number of aromatic nitrogens is 1. The van der Waals surface area contributed by atoms with Gasteiger partial charge in [0.25, 0.3) is 11.8 Å². The van der Waals surface area contributed by atoms with Gasteiger partial charge in [-0.2, -0.15) is 0 Å². The average Bonchev–Trinajstić information content (AvgIpc) is 3.10. The zero-order chi connectivity index (χ0) is 25.0. The highest BCUT2D eigenvalue weighted by molar-refractivity contribution is 6.04. The van der Waals surface area contributed by atoms with Crippen LogP contribution in [0.15, 0.2) is 66.9 Å². The minimum absolute atomic E-state index is 0.0336. The summed E-state index contributed by atoms with van der Waals surface area (Å²) in [5.74, 6) is 0.0392. The second kappa shape index (κ2) is 10.3. The number of hydrogen-bond donors (Lipinski definition) is 1. The molecular formula is C28H31FN4O2. The lowest BCUT2D eigenvalue weighted by Crippen LogP contribution is -2.35. The zero-order valence-corrected chi connectivity index (χ0v) is 20.4. The van der Waals surface area contributed by atoms with E-state index in [0.29, 0.717) is 36.4 Å². The third-order valence-electron chi connectivity index (χ3n) is 6.20. The first kappa shape index (κ1) is 24.4. The molecular weight excluding hydrogens is 443 g/mol. The van der Waals surface area contributed by atoms with Crippen LogP contribution < -0.4 is 10.2 Å². The molecule has 2 heterocycles. The molecule has 1 aromatic heterocycles. The maximum atomic E-state index is 13.5. The molecule has 0 unspecified atom stereocenters. The van der Waals surface area contributed by atoms with Gasteiger partial charge in [0.15, 0.2) is 0 Å². The molecule has 0 bridgehead atoms. The lowest BCUT2D eigenvalue weighted by atomic mass is 9.87. The van der Waals surface area contributed by atoms with Crippen molar-refractivity contribution in [3.05, 3.63) is 89.4 Å². The Morgan fingerprint density at radius 3 is 2.34 bits per heavy atom. The van der Waals surface area contributed by atoms with Crippen LogP contribution in [0, 0.1) is 5.82 Å². The number of hydrogen-bond acceptors (Lipinski definition) is 4. The van der Waals surface area contributed by atoms with E-state index in [1.807, 2.05) is 36.4 Å². The maximum Gasteiger partial charge on any atom is 0.255 e. The van der Waals surface area contributed by atoms with E-state index in [1.165, 1.54) is 17.7 Å². The molecule has 35 heavy (non-hydrogen) atoms. The van der Waals surface area contributed by atoms with Crippen LogP contribution in [-0.2, 0) is 5.41 Å². The van der Waals surface area contributed by atoms with Gasteiger partial charge in [0, 0.05) is 37.3 Å². The molecule has 2 aromatic carbocycles. The van der Waals surface area contributed by atoms with Crippen molar-refractivity contribution in [1.29, 1.82) is 0 Å². The minimum Gasteiger partial charge on any atom is -0.355 e. The van der Waals surface area contributed by atoms with Gasteiger partial charge < -0.3 is 15.1 Å². The molecule has 1 fully saturated rings. The van der Waals surface area contributed by atoms with E-state index in [1.54, 1.807) is 23.2 Å². The number of anilines is 2. The molecule has 2 amide bonds. The molecule has 182 valence electrons. The molecule has 0 spiro atoms. The molecule has 1 saturated heterocycles. The van der Waals surface area contributed by atoms with Crippen LogP contribution in [0.4, 0.5) is 15.9 Å². The number of carbonyl (C=O) groups is 2. The van der Waals surface area contributed by atoms with Crippen LogP contribution in [0.25, 0.3) is 0 Å². The van der Waals surface area contributed by atoms with Crippen LogP contribution >= 0.6 is 0 Å². The van der Waals surface area contributed by atoms with E-state index < -0.39 is 5.82 Å². The second-order valence-electron chi connectivity index (χ2n) is 9.83. The summed E-state index contributed by atoms with van der Waals surface area (Å²) in [6.07, 6.45) is 2.43. The van der Waals surface area contributed by atoms with E-state index in [9.17, 15) is 14.0 Å². The monoisotopic (exact) mass is 474 g/mol. The van der Waals surface area contributed by atoms with Crippen LogP contribution in [0.5, 0.6) is 0 Å². The van der Waals surface area contributed by atoms with Crippen molar-refractivity contribution < 1.29 is 14.0 Å². The summed E-state index contributed by atoms with van der Waals surface area (Å²) < 4.78 is 13.5. The van der Waals surface area contributed by atoms with Crippen LogP contribution in [0.3, 0.4) is 0 Å². The van der Waals surface area contributed by atoms with Gasteiger partial charge in [0.2, 0.25) is 0 Å². The third kappa shape index (κ3) is 6.04. The number of nitrogens with zero attached hydrogens (tertiary/aromatic N) is 3. The van der Waals surface area contributed by atoms with Crippen molar-refractivity contribution in [2.45, 2.75) is 32.6 Å². The van der Waals surface area contributed by atoms with Gasteiger partial charge >= 0.3 is 0 Å². The molecule has 1 aliphatic rings. The van der Waals surface area contributed by atoms with Crippen molar-refractivity contribution in [2.24, 2.45) is 0 Å². The molecule has 1 aliphatic heterocycles. The van der Waals surface area contributed by atoms with Crippen molar-refractivity contribution in [3.63, 3.8) is 0 Å². The molecule has 7 heteroatoms. The van der Waals surface area contributed by atoms with E-state index >= 15 is 0 Å². The molecule has 6 nitrogen and oxygen atoms in total. The van der Waals surface area contributed by atoms with Crippen molar-refractivity contribution in [2.75, 3.05) is 36.4 Å². The number of pyridine rings is 1. The summed E-state index contributed by atoms with van der Waals surface area (Å²) in [7, 11) is 0. The zero-order valence-electron chi connectivity index (χ0n) is 20.4. The summed E-state index contributed by atoms with van der Waals surface area (Å²) in [6, 6.07) is 17.2. The molecule has 4 rings (SSSR count). The first-order chi connectivity index (χ1) is 16.7. The summed E-state index contributed by atoms with van der Waals surface area (Å²) in [5.41, 5.74) is 2.79. The second-order valence-corrected chi connectivity index (χ2v) is 9.83. The first-order valence-electron chi connectivity index (χ1n) is 11.9. The van der Waals surface area contributed by atoms with Gasteiger partial charge in [0.1, 0.15) is 11.6 Å². The Balaban J connectivity index is 1.35. The van der Waals surface area contributed by atoms with Gasteiger partial charge in [-0.15, -0.1) is 0 Å². The lowest BCUT2D eigenvalue weighted by Gasteiger charge is -2.23. The topological polar surface area (TPSA) is 65.5 Å². The van der Waals surface area contributed by atoms with E-state index in [0.717, 1.165) is 18.8 Å².